The molecule has 0 bridgehead atoms. The lowest BCUT2D eigenvalue weighted by atomic mass is 10.0. The van der Waals surface area contributed by atoms with E-state index >= 15 is 0 Å². The highest BCUT2D eigenvalue weighted by Crippen LogP contribution is 2.23. The third-order valence-corrected chi connectivity index (χ3v) is 4.04. The van der Waals surface area contributed by atoms with E-state index in [1.165, 1.54) is 30.5 Å². The summed E-state index contributed by atoms with van der Waals surface area (Å²) >= 11 is 3.75. The molecule has 2 nitrogen and oxygen atoms in total. The fraction of sp³-hybridized carbons (Fsp3) is 0.615. The van der Waals surface area contributed by atoms with Crippen molar-refractivity contribution in [3.63, 3.8) is 0 Å². The molecule has 88 valence electrons. The SMILES string of the molecule is Cc1cccnc1CC(Br)C1CCCCO1. The maximum absolute atomic E-state index is 5.78. The molecule has 0 aliphatic carbocycles. The maximum atomic E-state index is 5.78. The third-order valence-electron chi connectivity index (χ3n) is 3.12. The molecule has 1 aliphatic heterocycles. The van der Waals surface area contributed by atoms with Gasteiger partial charge in [0.2, 0.25) is 0 Å². The van der Waals surface area contributed by atoms with Gasteiger partial charge >= 0.3 is 0 Å². The van der Waals surface area contributed by atoms with Crippen molar-refractivity contribution in [2.75, 3.05) is 6.61 Å². The molecular weight excluding hydrogens is 266 g/mol. The van der Waals surface area contributed by atoms with E-state index in [4.69, 9.17) is 4.74 Å². The topological polar surface area (TPSA) is 22.1 Å². The number of pyridine rings is 1. The third kappa shape index (κ3) is 3.05. The summed E-state index contributed by atoms with van der Waals surface area (Å²) in [6, 6.07) is 4.10. The monoisotopic (exact) mass is 283 g/mol. The van der Waals surface area contributed by atoms with Crippen LogP contribution < -0.4 is 0 Å². The number of alkyl halides is 1. The van der Waals surface area contributed by atoms with Crippen molar-refractivity contribution in [1.29, 1.82) is 0 Å². The Morgan fingerprint density at radius 3 is 3.12 bits per heavy atom. The van der Waals surface area contributed by atoms with E-state index in [1.54, 1.807) is 0 Å². The second-order valence-corrected chi connectivity index (χ2v) is 5.57. The zero-order chi connectivity index (χ0) is 11.4. The van der Waals surface area contributed by atoms with Crippen LogP contribution in [0.4, 0.5) is 0 Å². The Labute approximate surface area is 106 Å². The summed E-state index contributed by atoms with van der Waals surface area (Å²) in [5.74, 6) is 0. The number of aromatic nitrogens is 1. The number of nitrogens with zero attached hydrogens (tertiary/aromatic N) is 1. The Balaban J connectivity index is 1.96. The molecule has 0 aromatic carbocycles. The molecule has 16 heavy (non-hydrogen) atoms. The molecule has 2 atom stereocenters. The Hall–Kier alpha value is -0.410. The van der Waals surface area contributed by atoms with E-state index < -0.39 is 0 Å². The summed E-state index contributed by atoms with van der Waals surface area (Å²) in [6.07, 6.45) is 6.84. The zero-order valence-corrected chi connectivity index (χ0v) is 11.2. The van der Waals surface area contributed by atoms with Crippen LogP contribution in [0.15, 0.2) is 18.3 Å². The lowest BCUT2D eigenvalue weighted by Crippen LogP contribution is -2.30. The van der Waals surface area contributed by atoms with Crippen molar-refractivity contribution in [3.05, 3.63) is 29.6 Å². The Morgan fingerprint density at radius 2 is 2.44 bits per heavy atom. The smallest absolute Gasteiger partial charge is 0.0703 e. The van der Waals surface area contributed by atoms with Gasteiger partial charge in [-0.2, -0.15) is 0 Å². The van der Waals surface area contributed by atoms with Gasteiger partial charge in [0.15, 0.2) is 0 Å². The average molecular weight is 284 g/mol. The van der Waals surface area contributed by atoms with Crippen LogP contribution in [0.3, 0.4) is 0 Å². The van der Waals surface area contributed by atoms with Crippen molar-refractivity contribution < 1.29 is 4.74 Å². The molecule has 2 heterocycles. The second kappa shape index (κ2) is 5.78. The first kappa shape index (κ1) is 12.1. The minimum atomic E-state index is 0.357. The van der Waals surface area contributed by atoms with Crippen LogP contribution in [0, 0.1) is 6.92 Å². The minimum Gasteiger partial charge on any atom is -0.377 e. The number of halogens is 1. The molecule has 0 radical (unpaired) electrons. The van der Waals surface area contributed by atoms with E-state index in [1.807, 2.05) is 12.3 Å². The zero-order valence-electron chi connectivity index (χ0n) is 9.66. The largest absolute Gasteiger partial charge is 0.377 e. The van der Waals surface area contributed by atoms with Gasteiger partial charge in [-0.25, -0.2) is 0 Å². The summed E-state index contributed by atoms with van der Waals surface area (Å²) in [6.45, 7) is 3.03. The van der Waals surface area contributed by atoms with Gasteiger partial charge in [-0.1, -0.05) is 22.0 Å². The summed E-state index contributed by atoms with van der Waals surface area (Å²) in [5, 5.41) is 0. The Bertz CT molecular complexity index is 336. The molecular formula is C13H18BrNO. The molecule has 0 spiro atoms. The summed E-state index contributed by atoms with van der Waals surface area (Å²) in [5.41, 5.74) is 2.45. The van der Waals surface area contributed by atoms with E-state index in [0.717, 1.165) is 13.0 Å². The molecule has 1 saturated heterocycles. The van der Waals surface area contributed by atoms with Crippen LogP contribution in [0.1, 0.15) is 30.5 Å². The quantitative estimate of drug-likeness (QED) is 0.795. The second-order valence-electron chi connectivity index (χ2n) is 4.39. The van der Waals surface area contributed by atoms with Gasteiger partial charge in [0.05, 0.1) is 6.10 Å². The average Bonchev–Trinajstić information content (AvgIpc) is 2.33. The van der Waals surface area contributed by atoms with E-state index in [-0.39, 0.29) is 0 Å². The molecule has 3 heteroatoms. The maximum Gasteiger partial charge on any atom is 0.0703 e. The highest BCUT2D eigenvalue weighted by Gasteiger charge is 2.23. The van der Waals surface area contributed by atoms with Crippen LogP contribution in [-0.2, 0) is 11.2 Å². The predicted molar refractivity (Wildman–Crippen MR) is 69.0 cm³/mol. The van der Waals surface area contributed by atoms with Gasteiger partial charge in [0, 0.05) is 29.7 Å². The molecule has 1 fully saturated rings. The van der Waals surface area contributed by atoms with Crippen molar-refractivity contribution in [2.45, 2.75) is 43.5 Å². The Kier molecular flexibility index (Phi) is 4.36. The number of rotatable bonds is 3. The lowest BCUT2D eigenvalue weighted by Gasteiger charge is -2.27. The Morgan fingerprint density at radius 1 is 1.56 bits per heavy atom. The van der Waals surface area contributed by atoms with Crippen molar-refractivity contribution >= 4 is 15.9 Å². The molecule has 1 aliphatic rings. The van der Waals surface area contributed by atoms with Gasteiger partial charge in [0.25, 0.3) is 0 Å². The van der Waals surface area contributed by atoms with Crippen molar-refractivity contribution in [2.24, 2.45) is 0 Å². The number of hydrogen-bond acceptors (Lipinski definition) is 2. The van der Waals surface area contributed by atoms with Crippen LogP contribution in [-0.4, -0.2) is 22.5 Å². The first-order chi connectivity index (χ1) is 7.77. The lowest BCUT2D eigenvalue weighted by molar-refractivity contribution is 0.0163. The molecule has 1 aromatic rings. The van der Waals surface area contributed by atoms with E-state index in [2.05, 4.69) is 33.9 Å². The van der Waals surface area contributed by atoms with Crippen LogP contribution in [0.5, 0.6) is 0 Å². The highest BCUT2D eigenvalue weighted by molar-refractivity contribution is 9.09. The summed E-state index contributed by atoms with van der Waals surface area (Å²) < 4.78 is 5.78. The number of ether oxygens (including phenoxy) is 1. The van der Waals surface area contributed by atoms with Crippen molar-refractivity contribution in [3.8, 4) is 0 Å². The van der Waals surface area contributed by atoms with Gasteiger partial charge in [-0.3, -0.25) is 4.98 Å². The molecule has 1 aromatic heterocycles. The van der Waals surface area contributed by atoms with Crippen LogP contribution in [0.25, 0.3) is 0 Å². The van der Waals surface area contributed by atoms with Gasteiger partial charge < -0.3 is 4.74 Å². The highest BCUT2D eigenvalue weighted by atomic mass is 79.9. The fourth-order valence-electron chi connectivity index (χ4n) is 2.10. The van der Waals surface area contributed by atoms with E-state index in [0.29, 0.717) is 10.9 Å². The number of hydrogen-bond donors (Lipinski definition) is 0. The van der Waals surface area contributed by atoms with Crippen LogP contribution in [0.2, 0.25) is 0 Å². The fourth-order valence-corrected chi connectivity index (χ4v) is 2.82. The van der Waals surface area contributed by atoms with Crippen LogP contribution >= 0.6 is 15.9 Å². The molecule has 0 amide bonds. The molecule has 0 N–H and O–H groups in total. The molecule has 2 rings (SSSR count). The summed E-state index contributed by atoms with van der Waals surface area (Å²) in [4.78, 5) is 4.82. The standard InChI is InChI=1S/C13H18BrNO/c1-10-5-4-7-15-12(10)9-11(14)13-6-2-3-8-16-13/h4-5,7,11,13H,2-3,6,8-9H2,1H3. The first-order valence-corrected chi connectivity index (χ1v) is 6.85. The number of aryl methyl sites for hydroxylation is 1. The van der Waals surface area contributed by atoms with Crippen molar-refractivity contribution in [1.82, 2.24) is 4.98 Å². The van der Waals surface area contributed by atoms with Gasteiger partial charge in [-0.05, 0) is 37.8 Å². The van der Waals surface area contributed by atoms with E-state index in [9.17, 15) is 0 Å². The summed E-state index contributed by atoms with van der Waals surface area (Å²) in [7, 11) is 0. The predicted octanol–water partition coefficient (Wildman–Crippen LogP) is 3.27. The first-order valence-electron chi connectivity index (χ1n) is 5.93. The van der Waals surface area contributed by atoms with Gasteiger partial charge in [0.1, 0.15) is 0 Å². The molecule has 2 unspecified atom stereocenters. The normalized spacial score (nSPS) is 23.0. The van der Waals surface area contributed by atoms with Gasteiger partial charge in [-0.15, -0.1) is 0 Å². The minimum absolute atomic E-state index is 0.357. The molecule has 0 saturated carbocycles.